The summed E-state index contributed by atoms with van der Waals surface area (Å²) >= 11 is 0. The topological polar surface area (TPSA) is 58.5 Å². The molecule has 25 heavy (non-hydrogen) atoms. The van der Waals surface area contributed by atoms with Crippen molar-refractivity contribution in [3.05, 3.63) is 52.8 Å². The van der Waals surface area contributed by atoms with E-state index in [1.165, 1.54) is 10.6 Å². The Morgan fingerprint density at radius 2 is 1.64 bits per heavy atom. The quantitative estimate of drug-likeness (QED) is 0.853. The summed E-state index contributed by atoms with van der Waals surface area (Å²) < 4.78 is 0. The van der Waals surface area contributed by atoms with E-state index in [1.807, 2.05) is 26.8 Å². The molecule has 1 amide bonds. The first-order valence-corrected chi connectivity index (χ1v) is 8.65. The fraction of sp³-hybridized carbons (Fsp3) is 0.400. The average molecular weight is 336 g/mol. The van der Waals surface area contributed by atoms with E-state index in [-0.39, 0.29) is 11.8 Å². The minimum atomic E-state index is -0.255. The zero-order valence-electron chi connectivity index (χ0n) is 15.4. The van der Waals surface area contributed by atoms with Crippen molar-refractivity contribution in [3.8, 4) is 0 Å². The van der Waals surface area contributed by atoms with Crippen molar-refractivity contribution >= 4 is 17.6 Å². The van der Waals surface area contributed by atoms with Crippen LogP contribution in [0.25, 0.3) is 0 Å². The molecule has 1 aromatic heterocycles. The number of anilines is 1. The standard InChI is InChI=1S/C20H24N4O/c1-12(2)17-8-6-16(7-9-17)11-18-15(5)23-24(19(18)25)20-21-13(3)10-14(4)22-20/h6-10,12,18H,11H2,1-5H3/t18-/m0/s1. The molecule has 0 bridgehead atoms. The highest BCUT2D eigenvalue weighted by molar-refractivity contribution is 6.14. The van der Waals surface area contributed by atoms with E-state index < -0.39 is 0 Å². The molecule has 2 aromatic rings. The van der Waals surface area contributed by atoms with Crippen LogP contribution in [0.15, 0.2) is 35.4 Å². The number of hydrazone groups is 1. The second-order valence-corrected chi connectivity index (χ2v) is 7.00. The number of hydrogen-bond acceptors (Lipinski definition) is 4. The summed E-state index contributed by atoms with van der Waals surface area (Å²) in [5.41, 5.74) is 4.91. The van der Waals surface area contributed by atoms with Gasteiger partial charge in [-0.2, -0.15) is 10.1 Å². The molecule has 1 aliphatic heterocycles. The Kier molecular flexibility index (Phi) is 4.66. The van der Waals surface area contributed by atoms with Crippen molar-refractivity contribution in [1.29, 1.82) is 0 Å². The van der Waals surface area contributed by atoms with Gasteiger partial charge in [-0.15, -0.1) is 0 Å². The fourth-order valence-electron chi connectivity index (χ4n) is 3.06. The number of aryl methyl sites for hydroxylation is 2. The zero-order chi connectivity index (χ0) is 18.1. The van der Waals surface area contributed by atoms with E-state index in [4.69, 9.17) is 0 Å². The van der Waals surface area contributed by atoms with Gasteiger partial charge >= 0.3 is 0 Å². The molecule has 0 radical (unpaired) electrons. The van der Waals surface area contributed by atoms with Crippen molar-refractivity contribution < 1.29 is 4.79 Å². The summed E-state index contributed by atoms with van der Waals surface area (Å²) in [5, 5.41) is 5.77. The highest BCUT2D eigenvalue weighted by atomic mass is 16.2. The lowest BCUT2D eigenvalue weighted by Crippen LogP contribution is -2.29. The van der Waals surface area contributed by atoms with Gasteiger partial charge in [0.1, 0.15) is 0 Å². The first kappa shape index (κ1) is 17.3. The van der Waals surface area contributed by atoms with Crippen molar-refractivity contribution in [1.82, 2.24) is 9.97 Å². The molecule has 0 spiro atoms. The Hall–Kier alpha value is -2.56. The minimum Gasteiger partial charge on any atom is -0.272 e. The molecule has 5 nitrogen and oxygen atoms in total. The molecular formula is C20H24N4O. The number of amides is 1. The summed E-state index contributed by atoms with van der Waals surface area (Å²) in [7, 11) is 0. The first-order valence-electron chi connectivity index (χ1n) is 8.65. The number of hydrogen-bond donors (Lipinski definition) is 0. The summed E-state index contributed by atoms with van der Waals surface area (Å²) in [6, 6.07) is 10.4. The van der Waals surface area contributed by atoms with Gasteiger partial charge in [-0.1, -0.05) is 38.1 Å². The van der Waals surface area contributed by atoms with Crippen LogP contribution >= 0.6 is 0 Å². The summed E-state index contributed by atoms with van der Waals surface area (Å²) in [6.07, 6.45) is 0.647. The molecule has 0 aliphatic carbocycles. The van der Waals surface area contributed by atoms with Crippen LogP contribution in [-0.2, 0) is 11.2 Å². The molecule has 3 rings (SSSR count). The fourth-order valence-corrected chi connectivity index (χ4v) is 3.06. The first-order chi connectivity index (χ1) is 11.8. The van der Waals surface area contributed by atoms with Gasteiger partial charge in [0.15, 0.2) is 0 Å². The highest BCUT2D eigenvalue weighted by Gasteiger charge is 2.35. The van der Waals surface area contributed by atoms with Gasteiger partial charge in [-0.05, 0) is 50.3 Å². The number of benzene rings is 1. The number of aromatic nitrogens is 2. The molecule has 0 N–H and O–H groups in total. The van der Waals surface area contributed by atoms with Gasteiger partial charge in [0.05, 0.1) is 5.92 Å². The van der Waals surface area contributed by atoms with E-state index in [1.54, 1.807) is 0 Å². The van der Waals surface area contributed by atoms with Crippen molar-refractivity contribution in [2.45, 2.75) is 47.0 Å². The van der Waals surface area contributed by atoms with Crippen LogP contribution in [0.3, 0.4) is 0 Å². The van der Waals surface area contributed by atoms with E-state index in [0.717, 1.165) is 22.7 Å². The maximum atomic E-state index is 12.8. The van der Waals surface area contributed by atoms with E-state index in [0.29, 0.717) is 18.3 Å². The summed E-state index contributed by atoms with van der Waals surface area (Å²) in [5.74, 6) is 0.548. The summed E-state index contributed by atoms with van der Waals surface area (Å²) in [4.78, 5) is 21.6. The van der Waals surface area contributed by atoms with Gasteiger partial charge in [0, 0.05) is 17.1 Å². The van der Waals surface area contributed by atoms with Crippen LogP contribution in [0.1, 0.15) is 49.2 Å². The van der Waals surface area contributed by atoms with Gasteiger partial charge in [0.2, 0.25) is 0 Å². The molecular weight excluding hydrogens is 312 g/mol. The molecule has 1 aliphatic rings. The Morgan fingerprint density at radius 3 is 2.20 bits per heavy atom. The number of carbonyl (C=O) groups is 1. The highest BCUT2D eigenvalue weighted by Crippen LogP contribution is 2.25. The van der Waals surface area contributed by atoms with Crippen LogP contribution in [0.4, 0.5) is 5.95 Å². The SMILES string of the molecule is CC1=NN(c2nc(C)cc(C)n2)C(=O)[C@H]1Cc1ccc(C(C)C)cc1. The van der Waals surface area contributed by atoms with Crippen LogP contribution in [0.5, 0.6) is 0 Å². The second kappa shape index (κ2) is 6.75. The Morgan fingerprint density at radius 1 is 1.04 bits per heavy atom. The lowest BCUT2D eigenvalue weighted by atomic mass is 9.93. The average Bonchev–Trinajstić information content (AvgIpc) is 2.82. The molecule has 1 atom stereocenters. The van der Waals surface area contributed by atoms with Crippen LogP contribution in [-0.4, -0.2) is 21.6 Å². The van der Waals surface area contributed by atoms with Crippen molar-refractivity contribution in [3.63, 3.8) is 0 Å². The predicted molar refractivity (Wildman–Crippen MR) is 99.8 cm³/mol. The smallest absolute Gasteiger partial charge is 0.259 e. The molecule has 0 fully saturated rings. The molecule has 130 valence electrons. The molecule has 0 unspecified atom stereocenters. The Bertz CT molecular complexity index is 804. The van der Waals surface area contributed by atoms with E-state index >= 15 is 0 Å². The van der Waals surface area contributed by atoms with Gasteiger partial charge < -0.3 is 0 Å². The maximum absolute atomic E-state index is 12.8. The lowest BCUT2D eigenvalue weighted by molar-refractivity contribution is -0.119. The minimum absolute atomic E-state index is 0.0598. The van der Waals surface area contributed by atoms with Crippen molar-refractivity contribution in [2.75, 3.05) is 5.01 Å². The zero-order valence-corrected chi connectivity index (χ0v) is 15.4. The molecule has 5 heteroatoms. The largest absolute Gasteiger partial charge is 0.272 e. The van der Waals surface area contributed by atoms with Crippen LogP contribution in [0.2, 0.25) is 0 Å². The number of rotatable bonds is 4. The lowest BCUT2D eigenvalue weighted by Gasteiger charge is -2.14. The predicted octanol–water partition coefficient (Wildman–Crippen LogP) is 3.80. The molecule has 2 heterocycles. The van der Waals surface area contributed by atoms with Crippen LogP contribution in [0, 0.1) is 19.8 Å². The molecule has 0 saturated carbocycles. The number of carbonyl (C=O) groups excluding carboxylic acids is 1. The van der Waals surface area contributed by atoms with Crippen LogP contribution < -0.4 is 5.01 Å². The second-order valence-electron chi connectivity index (χ2n) is 7.00. The third kappa shape index (κ3) is 3.60. The van der Waals surface area contributed by atoms with Gasteiger partial charge in [-0.3, -0.25) is 4.79 Å². The maximum Gasteiger partial charge on any atom is 0.259 e. The normalized spacial score (nSPS) is 17.4. The Balaban J connectivity index is 1.80. The third-order valence-electron chi connectivity index (χ3n) is 4.52. The van der Waals surface area contributed by atoms with Crippen molar-refractivity contribution in [2.24, 2.45) is 11.0 Å². The Labute approximate surface area is 148 Å². The molecule has 0 saturated heterocycles. The molecule has 1 aromatic carbocycles. The van der Waals surface area contributed by atoms with Gasteiger partial charge in [0.25, 0.3) is 11.9 Å². The van der Waals surface area contributed by atoms with E-state index in [2.05, 4.69) is 53.2 Å². The summed E-state index contributed by atoms with van der Waals surface area (Å²) in [6.45, 7) is 10.0. The monoisotopic (exact) mass is 336 g/mol. The third-order valence-corrected chi connectivity index (χ3v) is 4.52. The van der Waals surface area contributed by atoms with E-state index in [9.17, 15) is 4.79 Å². The van der Waals surface area contributed by atoms with Gasteiger partial charge in [-0.25, -0.2) is 9.97 Å². The number of nitrogens with zero attached hydrogens (tertiary/aromatic N) is 4.